The Morgan fingerprint density at radius 3 is 2.53 bits per heavy atom. The van der Waals surface area contributed by atoms with Gasteiger partial charge in [0.1, 0.15) is 35.2 Å². The Morgan fingerprint density at radius 1 is 1.08 bits per heavy atom. The molecule has 7 rings (SSSR count). The molecule has 1 amide bonds. The van der Waals surface area contributed by atoms with Gasteiger partial charge >= 0.3 is 12.1 Å². The van der Waals surface area contributed by atoms with Gasteiger partial charge in [-0.3, -0.25) is 14.8 Å². The first-order valence-electron chi connectivity index (χ1n) is 17.6. The van der Waals surface area contributed by atoms with E-state index in [2.05, 4.69) is 21.5 Å². The Bertz CT molecular complexity index is 1790. The van der Waals surface area contributed by atoms with E-state index >= 15 is 4.39 Å². The Hall–Kier alpha value is -4.25. The first-order chi connectivity index (χ1) is 23.5. The maximum atomic E-state index is 17.1. The number of carbonyl (C=O) groups is 1. The summed E-state index contributed by atoms with van der Waals surface area (Å²) in [5.41, 5.74) is 0.352. The number of phenols is 1. The molecule has 3 aromatic rings. The molecule has 4 aliphatic heterocycles. The van der Waals surface area contributed by atoms with E-state index in [4.69, 9.17) is 19.4 Å². The topological polar surface area (TPSA) is 104 Å². The predicted molar refractivity (Wildman–Crippen MR) is 190 cm³/mol. The quantitative estimate of drug-likeness (QED) is 0.265. The van der Waals surface area contributed by atoms with Crippen LogP contribution < -0.4 is 9.64 Å². The summed E-state index contributed by atoms with van der Waals surface area (Å²) in [4.78, 5) is 33.6. The van der Waals surface area contributed by atoms with Gasteiger partial charge in [0.25, 0.3) is 0 Å². The van der Waals surface area contributed by atoms with Gasteiger partial charge in [-0.15, -0.1) is 0 Å². The summed E-state index contributed by atoms with van der Waals surface area (Å²) in [5.74, 6) is -0.104. The maximum Gasteiger partial charge on any atom is 0.410 e. The largest absolute Gasteiger partial charge is 0.508 e. The van der Waals surface area contributed by atoms with Gasteiger partial charge < -0.3 is 19.5 Å². The number of phenolic OH excluding ortho intramolecular Hbond substituents is 1. The molecule has 1 N–H and O–H groups in total. The van der Waals surface area contributed by atoms with Gasteiger partial charge in [0.15, 0.2) is 5.83 Å². The molecular formula is C38H47FN6O4. The lowest BCUT2D eigenvalue weighted by Crippen LogP contribution is -2.57. The summed E-state index contributed by atoms with van der Waals surface area (Å²) >= 11 is 0. The highest BCUT2D eigenvalue weighted by molar-refractivity contribution is 6.01. The van der Waals surface area contributed by atoms with Crippen LogP contribution in [0.25, 0.3) is 22.3 Å². The second-order valence-electron chi connectivity index (χ2n) is 15.1. The Morgan fingerprint density at radius 2 is 1.80 bits per heavy atom. The minimum Gasteiger partial charge on any atom is -0.508 e. The number of hydrogen-bond acceptors (Lipinski definition) is 9. The smallest absolute Gasteiger partial charge is 0.410 e. The van der Waals surface area contributed by atoms with Gasteiger partial charge in [-0.1, -0.05) is 30.7 Å². The number of aromatic nitrogens is 2. The van der Waals surface area contributed by atoms with Crippen molar-refractivity contribution in [3.8, 4) is 11.8 Å². The summed E-state index contributed by atoms with van der Waals surface area (Å²) < 4.78 is 29.3. The molecule has 0 spiro atoms. The highest BCUT2D eigenvalue weighted by Gasteiger charge is 2.46. The number of halogens is 1. The minimum absolute atomic E-state index is 0.00189. The molecule has 4 saturated heterocycles. The highest BCUT2D eigenvalue weighted by atomic mass is 19.1. The molecule has 1 aromatic heterocycles. The molecule has 49 heavy (non-hydrogen) atoms. The van der Waals surface area contributed by atoms with E-state index in [-0.39, 0.29) is 46.9 Å². The van der Waals surface area contributed by atoms with Gasteiger partial charge in [0, 0.05) is 24.2 Å². The number of nitrogens with zero attached hydrogens (tertiary/aromatic N) is 6. The SMILES string of the molecule is C=N/C(=C(/F)c1nc(OCC23CCCCN2CCC3)nc(N2CC3CCC(C2)N3C(=O)OC(C)(C)C)c1C)c1cc(O)cc2ccccc12. The number of fused-ring (bicyclic) bond motifs is 4. The van der Waals surface area contributed by atoms with Crippen molar-refractivity contribution < 1.29 is 23.8 Å². The number of aromatic hydroxyl groups is 1. The van der Waals surface area contributed by atoms with Crippen LogP contribution >= 0.6 is 0 Å². The van der Waals surface area contributed by atoms with Crippen LogP contribution in [0.15, 0.2) is 41.4 Å². The molecule has 0 aliphatic carbocycles. The van der Waals surface area contributed by atoms with Gasteiger partial charge in [-0.05, 0) is 109 Å². The van der Waals surface area contributed by atoms with Gasteiger partial charge in [0.05, 0.1) is 17.6 Å². The zero-order valence-corrected chi connectivity index (χ0v) is 29.0. The van der Waals surface area contributed by atoms with Crippen LogP contribution in [0.2, 0.25) is 0 Å². The highest BCUT2D eigenvalue weighted by Crippen LogP contribution is 2.41. The Labute approximate surface area is 287 Å². The normalized spacial score (nSPS) is 24.5. The number of piperazine rings is 1. The van der Waals surface area contributed by atoms with Crippen LogP contribution in [0.5, 0.6) is 11.8 Å². The molecule has 3 unspecified atom stereocenters. The third-order valence-electron chi connectivity index (χ3n) is 10.7. The van der Waals surface area contributed by atoms with E-state index in [1.165, 1.54) is 12.5 Å². The first kappa shape index (κ1) is 33.3. The van der Waals surface area contributed by atoms with Gasteiger partial charge in [-0.25, -0.2) is 9.18 Å². The van der Waals surface area contributed by atoms with Crippen molar-refractivity contribution in [3.63, 3.8) is 0 Å². The minimum atomic E-state index is -0.676. The van der Waals surface area contributed by atoms with Gasteiger partial charge in [0.2, 0.25) is 0 Å². The summed E-state index contributed by atoms with van der Waals surface area (Å²) in [7, 11) is 0. The molecular weight excluding hydrogens is 623 g/mol. The summed E-state index contributed by atoms with van der Waals surface area (Å²) in [6.07, 6.45) is 6.97. The van der Waals surface area contributed by atoms with E-state index in [0.717, 1.165) is 62.4 Å². The molecule has 0 radical (unpaired) electrons. The fourth-order valence-corrected chi connectivity index (χ4v) is 8.45. The number of piperidine rings is 1. The van der Waals surface area contributed by atoms with Crippen molar-refractivity contribution in [1.29, 1.82) is 0 Å². The van der Waals surface area contributed by atoms with E-state index < -0.39 is 11.4 Å². The van der Waals surface area contributed by atoms with Crippen LogP contribution in [-0.2, 0) is 4.74 Å². The van der Waals surface area contributed by atoms with E-state index in [9.17, 15) is 9.90 Å². The molecule has 2 bridgehead atoms. The Balaban J connectivity index is 1.29. The van der Waals surface area contributed by atoms with E-state index in [1.807, 2.05) is 56.9 Å². The zero-order valence-electron chi connectivity index (χ0n) is 29.0. The fraction of sp³-hybridized carbons (Fsp3) is 0.526. The molecule has 2 aromatic carbocycles. The lowest BCUT2D eigenvalue weighted by atomic mass is 9.87. The molecule has 4 aliphatic rings. The van der Waals surface area contributed by atoms with Crippen LogP contribution in [0.4, 0.5) is 15.0 Å². The van der Waals surface area contributed by atoms with Crippen LogP contribution in [0.3, 0.4) is 0 Å². The molecule has 10 nitrogen and oxygen atoms in total. The predicted octanol–water partition coefficient (Wildman–Crippen LogP) is 7.13. The third-order valence-corrected chi connectivity index (χ3v) is 10.7. The average Bonchev–Trinajstić information content (AvgIpc) is 3.61. The Kier molecular flexibility index (Phi) is 8.75. The van der Waals surface area contributed by atoms with Crippen molar-refractivity contribution in [1.82, 2.24) is 19.8 Å². The summed E-state index contributed by atoms with van der Waals surface area (Å²) in [6.45, 7) is 14.8. The lowest BCUT2D eigenvalue weighted by molar-refractivity contribution is 0.0122. The van der Waals surface area contributed by atoms with Crippen LogP contribution in [-0.4, -0.2) is 93.7 Å². The zero-order chi connectivity index (χ0) is 34.5. The molecule has 260 valence electrons. The first-order valence-corrected chi connectivity index (χ1v) is 17.6. The maximum absolute atomic E-state index is 17.1. The third kappa shape index (κ3) is 6.33. The molecule has 11 heteroatoms. The number of benzene rings is 2. The molecule has 0 saturated carbocycles. The average molecular weight is 671 g/mol. The van der Waals surface area contributed by atoms with Crippen molar-refractivity contribution in [3.05, 3.63) is 53.2 Å². The summed E-state index contributed by atoms with van der Waals surface area (Å²) in [6, 6.07) is 10.6. The number of carbonyl (C=O) groups excluding carboxylic acids is 1. The molecule has 5 heterocycles. The standard InChI is InChI=1S/C38H47FN6O4/c1-24-32(31(39)33(40-5)30-20-28(46)19-25-11-6-7-12-29(25)30)41-35(48-23-38-15-8-9-17-44(38)18-10-16-38)42-34(24)43-21-26-13-14-27(22-43)45(26)36(47)49-37(2,3)4/h6-7,11-12,19-20,26-27,46H,5,8-10,13-18,21-23H2,1-4H3/b33-31+. The lowest BCUT2D eigenvalue weighted by Gasteiger charge is -2.42. The van der Waals surface area contributed by atoms with Crippen LogP contribution in [0, 0.1) is 6.92 Å². The van der Waals surface area contributed by atoms with Gasteiger partial charge in [-0.2, -0.15) is 9.97 Å². The second-order valence-corrected chi connectivity index (χ2v) is 15.1. The van der Waals surface area contributed by atoms with Crippen molar-refractivity contribution in [2.45, 2.75) is 95.9 Å². The number of ether oxygens (including phenoxy) is 2. The number of amides is 1. The number of anilines is 1. The van der Waals surface area contributed by atoms with Crippen molar-refractivity contribution >= 4 is 40.9 Å². The summed E-state index contributed by atoms with van der Waals surface area (Å²) in [5, 5.41) is 12.0. The van der Waals surface area contributed by atoms with E-state index in [0.29, 0.717) is 36.6 Å². The molecule has 4 fully saturated rings. The number of hydrogen-bond donors (Lipinski definition) is 1. The number of rotatable bonds is 7. The van der Waals surface area contributed by atoms with Crippen LogP contribution in [0.1, 0.15) is 82.5 Å². The van der Waals surface area contributed by atoms with Crippen molar-refractivity contribution in [2.24, 2.45) is 4.99 Å². The van der Waals surface area contributed by atoms with Crippen molar-refractivity contribution in [2.75, 3.05) is 37.7 Å². The monoisotopic (exact) mass is 670 g/mol. The molecule has 3 atom stereocenters. The second kappa shape index (κ2) is 12.9. The fourth-order valence-electron chi connectivity index (χ4n) is 8.45. The number of aliphatic imine (C=N–C) groups is 1. The van der Waals surface area contributed by atoms with E-state index in [1.54, 1.807) is 6.07 Å².